The fourth-order valence-corrected chi connectivity index (χ4v) is 2.85. The first-order chi connectivity index (χ1) is 12.5. The van der Waals surface area contributed by atoms with Crippen LogP contribution in [0, 0.1) is 6.92 Å². The maximum Gasteiger partial charge on any atom is 0.413 e. The summed E-state index contributed by atoms with van der Waals surface area (Å²) in [5.41, 5.74) is 2.25. The number of alkyl carbamates (subject to hydrolysis) is 1. The topological polar surface area (TPSA) is 81.7 Å². The minimum absolute atomic E-state index is 0.140. The Morgan fingerprint density at radius 3 is 2.62 bits per heavy atom. The summed E-state index contributed by atoms with van der Waals surface area (Å²) >= 11 is 1.39. The molecule has 1 N–H and O–H groups in total. The predicted molar refractivity (Wildman–Crippen MR) is 99.5 cm³/mol. The highest BCUT2D eigenvalue weighted by Gasteiger charge is 2.17. The molecule has 0 aliphatic carbocycles. The van der Waals surface area contributed by atoms with E-state index in [-0.39, 0.29) is 6.61 Å². The Balaban J connectivity index is 2.10. The quantitative estimate of drug-likeness (QED) is 0.620. The van der Waals surface area contributed by atoms with Crippen LogP contribution in [-0.4, -0.2) is 31.2 Å². The average molecular weight is 373 g/mol. The number of thiophene rings is 1. The molecule has 0 aliphatic rings. The van der Waals surface area contributed by atoms with Crippen LogP contribution in [0.4, 0.5) is 4.79 Å². The van der Waals surface area contributed by atoms with Gasteiger partial charge in [0.1, 0.15) is 0 Å². The number of ether oxygens (including phenoxy) is 2. The molecule has 0 unspecified atom stereocenters. The lowest BCUT2D eigenvalue weighted by molar-refractivity contribution is -0.142. The van der Waals surface area contributed by atoms with Crippen LogP contribution in [0.25, 0.3) is 11.6 Å². The lowest BCUT2D eigenvalue weighted by Crippen LogP contribution is -2.34. The molecule has 2 rings (SSSR count). The molecule has 136 valence electrons. The van der Waals surface area contributed by atoms with Crippen LogP contribution in [0.3, 0.4) is 0 Å². The Morgan fingerprint density at radius 1 is 1.15 bits per heavy atom. The van der Waals surface area contributed by atoms with Crippen molar-refractivity contribution in [2.45, 2.75) is 13.8 Å². The SMILES string of the molecule is CCOC(=O)NC(=O)COC(=O)/C(=C/c1cccc(C)c1)c1cccs1. The van der Waals surface area contributed by atoms with Crippen molar-refractivity contribution in [1.29, 1.82) is 0 Å². The van der Waals surface area contributed by atoms with Crippen LogP contribution in [-0.2, 0) is 19.1 Å². The number of hydrogen-bond acceptors (Lipinski definition) is 6. The molecule has 0 atom stereocenters. The first-order valence-electron chi connectivity index (χ1n) is 7.95. The molecule has 1 aromatic carbocycles. The predicted octanol–water partition coefficient (Wildman–Crippen LogP) is 3.41. The number of aryl methyl sites for hydroxylation is 1. The molecule has 2 aromatic rings. The van der Waals surface area contributed by atoms with Crippen LogP contribution in [0.2, 0.25) is 0 Å². The number of carbonyl (C=O) groups is 3. The molecule has 2 amide bonds. The molecule has 0 bridgehead atoms. The Labute approximate surface area is 155 Å². The highest BCUT2D eigenvalue weighted by atomic mass is 32.1. The highest BCUT2D eigenvalue weighted by molar-refractivity contribution is 7.11. The number of carbonyl (C=O) groups excluding carboxylic acids is 3. The van der Waals surface area contributed by atoms with Gasteiger partial charge in [0.25, 0.3) is 5.91 Å². The van der Waals surface area contributed by atoms with Gasteiger partial charge in [-0.3, -0.25) is 10.1 Å². The standard InChI is InChI=1S/C19H19NO5S/c1-3-24-19(23)20-17(21)12-25-18(22)15(16-8-5-9-26-16)11-14-7-4-6-13(2)10-14/h4-11H,3,12H2,1-2H3,(H,20,21,23)/b15-11+. The summed E-state index contributed by atoms with van der Waals surface area (Å²) in [5, 5.41) is 3.82. The summed E-state index contributed by atoms with van der Waals surface area (Å²) in [6.07, 6.45) is 0.840. The fourth-order valence-electron chi connectivity index (χ4n) is 2.11. The number of imide groups is 1. The van der Waals surface area contributed by atoms with Gasteiger partial charge >= 0.3 is 12.1 Å². The van der Waals surface area contributed by atoms with Gasteiger partial charge in [0.05, 0.1) is 12.2 Å². The third kappa shape index (κ3) is 5.86. The number of amides is 2. The lowest BCUT2D eigenvalue weighted by atomic mass is 10.1. The molecule has 6 nitrogen and oxygen atoms in total. The van der Waals surface area contributed by atoms with E-state index in [1.54, 1.807) is 19.1 Å². The first-order valence-corrected chi connectivity index (χ1v) is 8.83. The maximum atomic E-state index is 12.5. The average Bonchev–Trinajstić information content (AvgIpc) is 3.12. The van der Waals surface area contributed by atoms with E-state index < -0.39 is 24.6 Å². The third-order valence-corrected chi connectivity index (χ3v) is 4.11. The number of hydrogen-bond donors (Lipinski definition) is 1. The van der Waals surface area contributed by atoms with Crippen LogP contribution < -0.4 is 5.32 Å². The Hall–Kier alpha value is -2.93. The van der Waals surface area contributed by atoms with Crippen molar-refractivity contribution in [3.8, 4) is 0 Å². The minimum Gasteiger partial charge on any atom is -0.452 e. The van der Waals surface area contributed by atoms with E-state index in [2.05, 4.69) is 4.74 Å². The normalized spacial score (nSPS) is 10.9. The van der Waals surface area contributed by atoms with E-state index in [4.69, 9.17) is 4.74 Å². The van der Waals surface area contributed by atoms with E-state index in [9.17, 15) is 14.4 Å². The third-order valence-electron chi connectivity index (χ3n) is 3.21. The molecule has 0 spiro atoms. The molecule has 0 fully saturated rings. The molecule has 7 heteroatoms. The molecule has 26 heavy (non-hydrogen) atoms. The Bertz CT molecular complexity index is 811. The zero-order valence-corrected chi connectivity index (χ0v) is 15.3. The fraction of sp³-hybridized carbons (Fsp3) is 0.211. The van der Waals surface area contributed by atoms with Gasteiger partial charge in [-0.25, -0.2) is 9.59 Å². The van der Waals surface area contributed by atoms with Gasteiger partial charge < -0.3 is 9.47 Å². The van der Waals surface area contributed by atoms with Crippen molar-refractivity contribution in [3.05, 3.63) is 57.8 Å². The minimum atomic E-state index is -0.873. The zero-order chi connectivity index (χ0) is 18.9. The number of esters is 1. The van der Waals surface area contributed by atoms with Crippen molar-refractivity contribution in [2.24, 2.45) is 0 Å². The maximum absolute atomic E-state index is 12.5. The smallest absolute Gasteiger partial charge is 0.413 e. The van der Waals surface area contributed by atoms with E-state index in [1.807, 2.05) is 48.0 Å². The number of nitrogens with one attached hydrogen (secondary N) is 1. The summed E-state index contributed by atoms with van der Waals surface area (Å²) in [7, 11) is 0. The van der Waals surface area contributed by atoms with E-state index >= 15 is 0 Å². The van der Waals surface area contributed by atoms with Gasteiger partial charge in [-0.05, 0) is 36.9 Å². The van der Waals surface area contributed by atoms with Crippen LogP contribution in [0.1, 0.15) is 22.9 Å². The summed E-state index contributed by atoms with van der Waals surface area (Å²) in [4.78, 5) is 36.0. The van der Waals surface area contributed by atoms with Crippen LogP contribution in [0.15, 0.2) is 41.8 Å². The van der Waals surface area contributed by atoms with Gasteiger partial charge in [0.2, 0.25) is 0 Å². The highest BCUT2D eigenvalue weighted by Crippen LogP contribution is 2.24. The zero-order valence-electron chi connectivity index (χ0n) is 14.5. The monoisotopic (exact) mass is 373 g/mol. The second-order valence-corrected chi connectivity index (χ2v) is 6.24. The van der Waals surface area contributed by atoms with Crippen molar-refractivity contribution < 1.29 is 23.9 Å². The Morgan fingerprint density at radius 2 is 1.96 bits per heavy atom. The lowest BCUT2D eigenvalue weighted by Gasteiger charge is -2.08. The molecule has 0 aliphatic heterocycles. The van der Waals surface area contributed by atoms with Crippen molar-refractivity contribution in [1.82, 2.24) is 5.32 Å². The van der Waals surface area contributed by atoms with Crippen LogP contribution in [0.5, 0.6) is 0 Å². The van der Waals surface area contributed by atoms with E-state index in [1.165, 1.54) is 11.3 Å². The summed E-state index contributed by atoms with van der Waals surface area (Å²) < 4.78 is 9.65. The molecule has 0 saturated carbocycles. The summed E-state index contributed by atoms with van der Waals surface area (Å²) in [6.45, 7) is 3.14. The van der Waals surface area contributed by atoms with E-state index in [0.29, 0.717) is 5.57 Å². The molecule has 0 saturated heterocycles. The second-order valence-electron chi connectivity index (χ2n) is 5.29. The molecule has 1 heterocycles. The summed E-state index contributed by atoms with van der Waals surface area (Å²) in [6, 6.07) is 11.3. The molecular formula is C19H19NO5S. The Kier molecular flexibility index (Phi) is 7.11. The van der Waals surface area contributed by atoms with Crippen molar-refractivity contribution in [2.75, 3.05) is 13.2 Å². The first kappa shape index (κ1) is 19.4. The van der Waals surface area contributed by atoms with Crippen molar-refractivity contribution >= 4 is 41.0 Å². The van der Waals surface area contributed by atoms with Gasteiger partial charge in [-0.15, -0.1) is 11.3 Å². The summed E-state index contributed by atoms with van der Waals surface area (Å²) in [5.74, 6) is -1.40. The number of rotatable bonds is 6. The van der Waals surface area contributed by atoms with Gasteiger partial charge in [-0.1, -0.05) is 35.9 Å². The van der Waals surface area contributed by atoms with E-state index in [0.717, 1.165) is 16.0 Å². The molecule has 1 aromatic heterocycles. The van der Waals surface area contributed by atoms with Gasteiger partial charge in [0.15, 0.2) is 6.61 Å². The van der Waals surface area contributed by atoms with Crippen molar-refractivity contribution in [3.63, 3.8) is 0 Å². The molecule has 0 radical (unpaired) electrons. The van der Waals surface area contributed by atoms with Gasteiger partial charge in [0, 0.05) is 4.88 Å². The van der Waals surface area contributed by atoms with Crippen LogP contribution >= 0.6 is 11.3 Å². The molecular weight excluding hydrogens is 354 g/mol. The number of benzene rings is 1. The second kappa shape index (κ2) is 9.53. The van der Waals surface area contributed by atoms with Gasteiger partial charge in [-0.2, -0.15) is 0 Å². The largest absolute Gasteiger partial charge is 0.452 e.